The molecule has 0 heterocycles. The van der Waals surface area contributed by atoms with Gasteiger partial charge in [0.2, 0.25) is 0 Å². The van der Waals surface area contributed by atoms with Crippen molar-refractivity contribution in [1.82, 2.24) is 4.90 Å². The van der Waals surface area contributed by atoms with Crippen LogP contribution in [-0.4, -0.2) is 35.5 Å². The highest BCUT2D eigenvalue weighted by Gasteiger charge is 2.07. The molecule has 1 atom stereocenters. The minimum Gasteiger partial charge on any atom is -0.399 e. The SMILES string of the molecule is Cc1cc(N)ccc1S(=O)CCN(C)C. The van der Waals surface area contributed by atoms with E-state index < -0.39 is 10.8 Å². The number of nitrogens with two attached hydrogens (primary N) is 1. The van der Waals surface area contributed by atoms with E-state index in [2.05, 4.69) is 0 Å². The number of aryl methyl sites for hydroxylation is 1. The summed E-state index contributed by atoms with van der Waals surface area (Å²) in [4.78, 5) is 2.93. The van der Waals surface area contributed by atoms with Crippen molar-refractivity contribution in [2.45, 2.75) is 11.8 Å². The Labute approximate surface area is 93.7 Å². The molecular formula is C11H18N2OS. The molecule has 15 heavy (non-hydrogen) atoms. The summed E-state index contributed by atoms with van der Waals surface area (Å²) < 4.78 is 11.9. The Kier molecular flexibility index (Phi) is 4.29. The first-order valence-corrected chi connectivity index (χ1v) is 6.22. The molecule has 0 bridgehead atoms. The van der Waals surface area contributed by atoms with Crippen LogP contribution in [0.2, 0.25) is 0 Å². The van der Waals surface area contributed by atoms with E-state index in [0.29, 0.717) is 5.75 Å². The van der Waals surface area contributed by atoms with Crippen LogP contribution >= 0.6 is 0 Å². The number of anilines is 1. The van der Waals surface area contributed by atoms with Crippen molar-refractivity contribution < 1.29 is 4.21 Å². The van der Waals surface area contributed by atoms with Crippen LogP contribution in [0.5, 0.6) is 0 Å². The first-order valence-electron chi connectivity index (χ1n) is 4.90. The van der Waals surface area contributed by atoms with Crippen LogP contribution in [-0.2, 0) is 10.8 Å². The first kappa shape index (κ1) is 12.2. The molecule has 0 aliphatic carbocycles. The van der Waals surface area contributed by atoms with Crippen molar-refractivity contribution in [3.8, 4) is 0 Å². The molecule has 0 radical (unpaired) electrons. The molecule has 2 N–H and O–H groups in total. The van der Waals surface area contributed by atoms with Gasteiger partial charge in [-0.25, -0.2) is 0 Å². The fourth-order valence-electron chi connectivity index (χ4n) is 1.30. The van der Waals surface area contributed by atoms with Gasteiger partial charge in [-0.2, -0.15) is 0 Å². The number of hydrogen-bond donors (Lipinski definition) is 1. The van der Waals surface area contributed by atoms with Crippen molar-refractivity contribution >= 4 is 16.5 Å². The first-order chi connectivity index (χ1) is 7.00. The number of benzene rings is 1. The van der Waals surface area contributed by atoms with Crippen molar-refractivity contribution in [2.24, 2.45) is 0 Å². The third-order valence-corrected chi connectivity index (χ3v) is 3.67. The van der Waals surface area contributed by atoms with E-state index >= 15 is 0 Å². The van der Waals surface area contributed by atoms with Crippen molar-refractivity contribution in [3.05, 3.63) is 23.8 Å². The van der Waals surface area contributed by atoms with Gasteiger partial charge in [-0.15, -0.1) is 0 Å². The summed E-state index contributed by atoms with van der Waals surface area (Å²) in [5, 5.41) is 0. The van der Waals surface area contributed by atoms with Crippen LogP contribution in [0, 0.1) is 6.92 Å². The highest BCUT2D eigenvalue weighted by Crippen LogP contribution is 2.16. The highest BCUT2D eigenvalue weighted by molar-refractivity contribution is 7.85. The average Bonchev–Trinajstić information content (AvgIpc) is 2.14. The fraction of sp³-hybridized carbons (Fsp3) is 0.455. The van der Waals surface area contributed by atoms with Crippen molar-refractivity contribution in [3.63, 3.8) is 0 Å². The van der Waals surface area contributed by atoms with Crippen molar-refractivity contribution in [2.75, 3.05) is 32.1 Å². The Bertz CT molecular complexity index is 364. The van der Waals surface area contributed by atoms with Crippen LogP contribution < -0.4 is 5.73 Å². The van der Waals surface area contributed by atoms with E-state index in [0.717, 1.165) is 22.7 Å². The summed E-state index contributed by atoms with van der Waals surface area (Å²) >= 11 is 0. The fourth-order valence-corrected chi connectivity index (χ4v) is 2.69. The average molecular weight is 226 g/mol. The number of nitrogen functional groups attached to an aromatic ring is 1. The van der Waals surface area contributed by atoms with Gasteiger partial charge >= 0.3 is 0 Å². The molecule has 84 valence electrons. The Morgan fingerprint density at radius 2 is 2.07 bits per heavy atom. The molecule has 0 fully saturated rings. The van der Waals surface area contributed by atoms with E-state index in [1.807, 2.05) is 38.1 Å². The third kappa shape index (κ3) is 3.64. The number of rotatable bonds is 4. The Morgan fingerprint density at radius 1 is 1.40 bits per heavy atom. The van der Waals surface area contributed by atoms with Gasteiger partial charge in [-0.3, -0.25) is 4.21 Å². The summed E-state index contributed by atoms with van der Waals surface area (Å²) in [5.74, 6) is 0.664. The van der Waals surface area contributed by atoms with Gasteiger partial charge in [0, 0.05) is 22.9 Å². The second kappa shape index (κ2) is 5.28. The zero-order valence-electron chi connectivity index (χ0n) is 9.49. The van der Waals surface area contributed by atoms with E-state index in [-0.39, 0.29) is 0 Å². The third-order valence-electron chi connectivity index (χ3n) is 2.17. The van der Waals surface area contributed by atoms with Gasteiger partial charge in [-0.05, 0) is 44.8 Å². The minimum absolute atomic E-state index is 0.664. The Morgan fingerprint density at radius 3 is 2.60 bits per heavy atom. The van der Waals surface area contributed by atoms with Crippen LogP contribution in [0.25, 0.3) is 0 Å². The molecule has 0 aliphatic heterocycles. The molecule has 0 saturated carbocycles. The summed E-state index contributed by atoms with van der Waals surface area (Å²) in [6, 6.07) is 5.52. The number of hydrogen-bond acceptors (Lipinski definition) is 3. The lowest BCUT2D eigenvalue weighted by Crippen LogP contribution is -2.19. The normalized spacial score (nSPS) is 13.1. The quantitative estimate of drug-likeness (QED) is 0.786. The maximum absolute atomic E-state index is 11.9. The van der Waals surface area contributed by atoms with Gasteiger partial charge in [-0.1, -0.05) is 0 Å². The van der Waals surface area contributed by atoms with Crippen LogP contribution in [0.1, 0.15) is 5.56 Å². The molecule has 0 spiro atoms. The van der Waals surface area contributed by atoms with Gasteiger partial charge in [0.25, 0.3) is 0 Å². The molecule has 1 aromatic carbocycles. The van der Waals surface area contributed by atoms with E-state index in [4.69, 9.17) is 5.73 Å². The molecular weight excluding hydrogens is 208 g/mol. The molecule has 3 nitrogen and oxygen atoms in total. The zero-order valence-corrected chi connectivity index (χ0v) is 10.3. The van der Waals surface area contributed by atoms with Gasteiger partial charge < -0.3 is 10.6 Å². The molecule has 1 rings (SSSR count). The standard InChI is InChI=1S/C11H18N2OS/c1-9-8-10(12)4-5-11(9)15(14)7-6-13(2)3/h4-5,8H,6-7,12H2,1-3H3. The Balaban J connectivity index is 2.74. The summed E-state index contributed by atoms with van der Waals surface area (Å²) in [6.45, 7) is 2.77. The molecule has 1 aromatic rings. The highest BCUT2D eigenvalue weighted by atomic mass is 32.2. The van der Waals surface area contributed by atoms with E-state index in [9.17, 15) is 4.21 Å². The predicted octanol–water partition coefficient (Wildman–Crippen LogP) is 1.25. The molecule has 0 amide bonds. The largest absolute Gasteiger partial charge is 0.399 e. The van der Waals surface area contributed by atoms with Crippen LogP contribution in [0.3, 0.4) is 0 Å². The molecule has 0 aliphatic rings. The summed E-state index contributed by atoms with van der Waals surface area (Å²) in [6.07, 6.45) is 0. The maximum Gasteiger partial charge on any atom is 0.0545 e. The second-order valence-electron chi connectivity index (χ2n) is 3.88. The maximum atomic E-state index is 11.9. The topological polar surface area (TPSA) is 46.3 Å². The second-order valence-corrected chi connectivity index (χ2v) is 5.42. The van der Waals surface area contributed by atoms with Crippen LogP contribution in [0.15, 0.2) is 23.1 Å². The van der Waals surface area contributed by atoms with Crippen molar-refractivity contribution in [1.29, 1.82) is 0 Å². The number of nitrogens with zero attached hydrogens (tertiary/aromatic N) is 1. The monoisotopic (exact) mass is 226 g/mol. The van der Waals surface area contributed by atoms with Crippen LogP contribution in [0.4, 0.5) is 5.69 Å². The molecule has 1 unspecified atom stereocenters. The van der Waals surface area contributed by atoms with E-state index in [1.165, 1.54) is 0 Å². The van der Waals surface area contributed by atoms with Gasteiger partial charge in [0.1, 0.15) is 0 Å². The Hall–Kier alpha value is -0.870. The predicted molar refractivity (Wildman–Crippen MR) is 65.4 cm³/mol. The van der Waals surface area contributed by atoms with Gasteiger partial charge in [0.05, 0.1) is 10.8 Å². The lowest BCUT2D eigenvalue weighted by atomic mass is 10.2. The van der Waals surface area contributed by atoms with E-state index in [1.54, 1.807) is 6.07 Å². The zero-order chi connectivity index (χ0) is 11.4. The molecule has 4 heteroatoms. The summed E-state index contributed by atoms with van der Waals surface area (Å²) in [5.41, 5.74) is 7.37. The smallest absolute Gasteiger partial charge is 0.0545 e. The molecule has 0 aromatic heterocycles. The summed E-state index contributed by atoms with van der Waals surface area (Å²) in [7, 11) is 3.04. The molecule has 0 saturated heterocycles. The van der Waals surface area contributed by atoms with Gasteiger partial charge in [0.15, 0.2) is 0 Å². The minimum atomic E-state index is -0.921. The lowest BCUT2D eigenvalue weighted by molar-refractivity contribution is 0.435. The lowest BCUT2D eigenvalue weighted by Gasteiger charge is -2.10.